The Bertz CT molecular complexity index is 324. The second kappa shape index (κ2) is 4.39. The van der Waals surface area contributed by atoms with Crippen LogP contribution in [0.4, 0.5) is 0 Å². The van der Waals surface area contributed by atoms with E-state index in [0.717, 1.165) is 6.61 Å². The maximum absolute atomic E-state index is 6.90. The van der Waals surface area contributed by atoms with Crippen LogP contribution in [0.25, 0.3) is 0 Å². The van der Waals surface area contributed by atoms with Crippen LogP contribution in [-0.4, -0.2) is 29.3 Å². The van der Waals surface area contributed by atoms with Crippen LogP contribution in [-0.2, 0) is 4.74 Å². The van der Waals surface area contributed by atoms with Gasteiger partial charge in [-0.05, 0) is 49.2 Å². The van der Waals surface area contributed by atoms with Gasteiger partial charge in [-0.3, -0.25) is 0 Å². The van der Waals surface area contributed by atoms with Crippen LogP contribution >= 0.6 is 11.8 Å². The molecule has 1 spiro atoms. The molecule has 1 aliphatic carbocycles. The van der Waals surface area contributed by atoms with Crippen molar-refractivity contribution in [3.05, 3.63) is 0 Å². The summed E-state index contributed by atoms with van der Waals surface area (Å²) in [6.07, 6.45) is 7.44. The second-order valence-electron chi connectivity index (χ2n) is 7.30. The molecule has 3 atom stereocenters. The Hall–Kier alpha value is 0.270. The average Bonchev–Trinajstić information content (AvgIpc) is 2.86. The van der Waals surface area contributed by atoms with Gasteiger partial charge in [0.25, 0.3) is 0 Å². The molecule has 0 amide bonds. The number of nitrogens with two attached hydrogens (primary N) is 1. The largest absolute Gasteiger partial charge is 0.374 e. The summed E-state index contributed by atoms with van der Waals surface area (Å²) in [6, 6.07) is 0. The Morgan fingerprint density at radius 2 is 2.06 bits per heavy atom. The smallest absolute Gasteiger partial charge is 0.0783 e. The summed E-state index contributed by atoms with van der Waals surface area (Å²) < 4.78 is 6.15. The van der Waals surface area contributed by atoms with E-state index in [-0.39, 0.29) is 11.1 Å². The number of hydrogen-bond donors (Lipinski definition) is 1. The normalized spacial score (nSPS) is 47.8. The van der Waals surface area contributed by atoms with Gasteiger partial charge >= 0.3 is 0 Å². The van der Waals surface area contributed by atoms with Gasteiger partial charge in [-0.15, -0.1) is 0 Å². The van der Waals surface area contributed by atoms with Crippen LogP contribution in [0.1, 0.15) is 52.4 Å². The van der Waals surface area contributed by atoms with Crippen LogP contribution in [0.2, 0.25) is 0 Å². The molecule has 2 N–H and O–H groups in total. The molecule has 0 aromatic heterocycles. The van der Waals surface area contributed by atoms with Gasteiger partial charge in [-0.2, -0.15) is 11.8 Å². The van der Waals surface area contributed by atoms with Crippen molar-refractivity contribution in [1.29, 1.82) is 0 Å². The molecule has 3 rings (SSSR count). The Balaban J connectivity index is 1.80. The third-order valence-electron chi connectivity index (χ3n) is 5.94. The summed E-state index contributed by atoms with van der Waals surface area (Å²) in [5, 5.41) is 0. The number of rotatable bonds is 1. The topological polar surface area (TPSA) is 35.2 Å². The predicted octanol–water partition coefficient (Wildman–Crippen LogP) is 3.20. The van der Waals surface area contributed by atoms with Gasteiger partial charge in [-0.25, -0.2) is 0 Å². The van der Waals surface area contributed by atoms with Crippen molar-refractivity contribution in [3.8, 4) is 0 Å². The molecule has 0 aromatic carbocycles. The average molecular weight is 269 g/mol. The number of thioether (sulfide) groups is 1. The molecular weight excluding hydrogens is 242 g/mol. The highest BCUT2D eigenvalue weighted by molar-refractivity contribution is 7.99. The Morgan fingerprint density at radius 1 is 1.22 bits per heavy atom. The molecule has 3 aliphatic rings. The lowest BCUT2D eigenvalue weighted by molar-refractivity contribution is -0.101. The highest BCUT2D eigenvalue weighted by Gasteiger charge is 2.54. The fourth-order valence-electron chi connectivity index (χ4n) is 4.48. The monoisotopic (exact) mass is 269 g/mol. The summed E-state index contributed by atoms with van der Waals surface area (Å²) in [7, 11) is 0. The quantitative estimate of drug-likeness (QED) is 0.794. The van der Waals surface area contributed by atoms with Gasteiger partial charge < -0.3 is 10.5 Å². The minimum Gasteiger partial charge on any atom is -0.374 e. The van der Waals surface area contributed by atoms with Crippen molar-refractivity contribution in [2.45, 2.75) is 63.5 Å². The summed E-state index contributed by atoms with van der Waals surface area (Å²) in [4.78, 5) is 0. The Labute approximate surface area is 115 Å². The van der Waals surface area contributed by atoms with E-state index < -0.39 is 0 Å². The van der Waals surface area contributed by atoms with Crippen molar-refractivity contribution < 1.29 is 4.74 Å². The van der Waals surface area contributed by atoms with Gasteiger partial charge in [0.2, 0.25) is 0 Å². The zero-order chi connectivity index (χ0) is 12.9. The molecule has 2 saturated heterocycles. The van der Waals surface area contributed by atoms with Crippen molar-refractivity contribution >= 4 is 11.8 Å². The van der Waals surface area contributed by atoms with Gasteiger partial charge in [0.05, 0.1) is 5.60 Å². The molecule has 1 saturated carbocycles. The molecule has 3 fully saturated rings. The lowest BCUT2D eigenvalue weighted by Gasteiger charge is -2.50. The first-order valence-corrected chi connectivity index (χ1v) is 8.64. The molecule has 2 aliphatic heterocycles. The maximum atomic E-state index is 6.90. The van der Waals surface area contributed by atoms with Crippen molar-refractivity contribution in [1.82, 2.24) is 0 Å². The third kappa shape index (κ3) is 1.94. The lowest BCUT2D eigenvalue weighted by Crippen LogP contribution is -2.58. The molecule has 104 valence electrons. The number of hydrogen-bond acceptors (Lipinski definition) is 3. The summed E-state index contributed by atoms with van der Waals surface area (Å²) in [6.45, 7) is 5.69. The van der Waals surface area contributed by atoms with Crippen LogP contribution in [0.5, 0.6) is 0 Å². The number of ether oxygens (including phenoxy) is 1. The molecular formula is C15H27NOS. The maximum Gasteiger partial charge on any atom is 0.0783 e. The summed E-state index contributed by atoms with van der Waals surface area (Å²) in [5.41, 5.74) is 7.44. The highest BCUT2D eigenvalue weighted by atomic mass is 32.2. The predicted molar refractivity (Wildman–Crippen MR) is 77.9 cm³/mol. The minimum absolute atomic E-state index is 0.0526. The van der Waals surface area contributed by atoms with E-state index >= 15 is 0 Å². The molecule has 0 radical (unpaired) electrons. The Morgan fingerprint density at radius 3 is 2.67 bits per heavy atom. The van der Waals surface area contributed by atoms with Crippen molar-refractivity contribution in [2.75, 3.05) is 18.1 Å². The first-order valence-electron chi connectivity index (χ1n) is 7.48. The molecule has 2 nitrogen and oxygen atoms in total. The van der Waals surface area contributed by atoms with E-state index in [1.807, 2.05) is 0 Å². The first-order chi connectivity index (χ1) is 8.48. The van der Waals surface area contributed by atoms with Gasteiger partial charge in [-0.1, -0.05) is 20.3 Å². The van der Waals surface area contributed by atoms with Gasteiger partial charge in [0.1, 0.15) is 0 Å². The SMILES string of the molecule is CC1(C)CCCC1(N)C1CCOC2(CCSC2)C1. The molecule has 0 aromatic rings. The van der Waals surface area contributed by atoms with E-state index in [4.69, 9.17) is 10.5 Å². The van der Waals surface area contributed by atoms with Gasteiger partial charge in [0, 0.05) is 17.9 Å². The van der Waals surface area contributed by atoms with Crippen LogP contribution in [0, 0.1) is 11.3 Å². The van der Waals surface area contributed by atoms with Crippen molar-refractivity contribution in [2.24, 2.45) is 17.1 Å². The standard InChI is InChI=1S/C15H27NOS/c1-13(2)5-3-6-15(13,16)12-4-8-17-14(10-12)7-9-18-11-14/h12H,3-11,16H2,1-2H3. The van der Waals surface area contributed by atoms with E-state index in [0.29, 0.717) is 11.3 Å². The van der Waals surface area contributed by atoms with E-state index in [2.05, 4.69) is 25.6 Å². The van der Waals surface area contributed by atoms with Crippen LogP contribution in [0.3, 0.4) is 0 Å². The molecule has 0 bridgehead atoms. The van der Waals surface area contributed by atoms with Crippen LogP contribution < -0.4 is 5.73 Å². The summed E-state index contributed by atoms with van der Waals surface area (Å²) in [5.74, 6) is 3.13. The zero-order valence-corrected chi connectivity index (χ0v) is 12.7. The molecule has 2 heterocycles. The fraction of sp³-hybridized carbons (Fsp3) is 1.00. The molecule has 3 heteroatoms. The van der Waals surface area contributed by atoms with E-state index in [1.165, 1.54) is 50.0 Å². The minimum atomic E-state index is 0.0526. The molecule has 3 unspecified atom stereocenters. The Kier molecular flexibility index (Phi) is 3.23. The summed E-state index contributed by atoms with van der Waals surface area (Å²) >= 11 is 2.06. The lowest BCUT2D eigenvalue weighted by atomic mass is 9.63. The van der Waals surface area contributed by atoms with Crippen molar-refractivity contribution in [3.63, 3.8) is 0 Å². The van der Waals surface area contributed by atoms with E-state index in [9.17, 15) is 0 Å². The third-order valence-corrected chi connectivity index (χ3v) is 7.16. The first kappa shape index (κ1) is 13.3. The second-order valence-corrected chi connectivity index (χ2v) is 8.41. The van der Waals surface area contributed by atoms with Crippen LogP contribution in [0.15, 0.2) is 0 Å². The van der Waals surface area contributed by atoms with E-state index in [1.54, 1.807) is 0 Å². The fourth-order valence-corrected chi connectivity index (χ4v) is 5.86. The highest BCUT2D eigenvalue weighted by Crippen LogP contribution is 2.53. The zero-order valence-electron chi connectivity index (χ0n) is 11.8. The van der Waals surface area contributed by atoms with Gasteiger partial charge in [0.15, 0.2) is 0 Å². The molecule has 18 heavy (non-hydrogen) atoms.